The first-order valence-corrected chi connectivity index (χ1v) is 6.60. The van der Waals surface area contributed by atoms with Crippen LogP contribution >= 0.6 is 0 Å². The van der Waals surface area contributed by atoms with Gasteiger partial charge in [-0.25, -0.2) is 0 Å². The van der Waals surface area contributed by atoms with Gasteiger partial charge in [0.25, 0.3) is 0 Å². The standard InChI is InChI=1S/C15H25NO/c1-13(10-11-17)12-16-14(2)8-9-15-6-4-3-5-7-15/h3-7,13-14,16-17H,8-12H2,1-2H3. The molecule has 0 bridgehead atoms. The van der Waals surface area contributed by atoms with Crippen LogP contribution in [-0.2, 0) is 6.42 Å². The summed E-state index contributed by atoms with van der Waals surface area (Å²) in [6.07, 6.45) is 3.18. The predicted molar refractivity (Wildman–Crippen MR) is 73.1 cm³/mol. The third-order valence-electron chi connectivity index (χ3n) is 3.15. The number of hydrogen-bond acceptors (Lipinski definition) is 2. The molecule has 0 aromatic heterocycles. The lowest BCUT2D eigenvalue weighted by Crippen LogP contribution is -2.31. The molecule has 2 atom stereocenters. The van der Waals surface area contributed by atoms with Gasteiger partial charge in [-0.05, 0) is 44.2 Å². The Morgan fingerprint density at radius 1 is 1.12 bits per heavy atom. The summed E-state index contributed by atoms with van der Waals surface area (Å²) in [7, 11) is 0. The molecule has 2 heteroatoms. The molecule has 0 fully saturated rings. The first-order chi connectivity index (χ1) is 8.22. The van der Waals surface area contributed by atoms with E-state index in [0.717, 1.165) is 25.8 Å². The van der Waals surface area contributed by atoms with Crippen molar-refractivity contribution >= 4 is 0 Å². The average Bonchev–Trinajstić information content (AvgIpc) is 2.35. The molecule has 0 radical (unpaired) electrons. The number of rotatable bonds is 8. The number of aliphatic hydroxyl groups is 1. The van der Waals surface area contributed by atoms with Crippen LogP contribution in [0.2, 0.25) is 0 Å². The summed E-state index contributed by atoms with van der Waals surface area (Å²) in [6, 6.07) is 11.1. The monoisotopic (exact) mass is 235 g/mol. The smallest absolute Gasteiger partial charge is 0.0434 e. The van der Waals surface area contributed by atoms with Crippen LogP contribution in [0, 0.1) is 5.92 Å². The van der Waals surface area contributed by atoms with Gasteiger partial charge in [-0.15, -0.1) is 0 Å². The van der Waals surface area contributed by atoms with Crippen molar-refractivity contribution in [2.75, 3.05) is 13.2 Å². The molecule has 1 rings (SSSR count). The molecule has 0 heterocycles. The summed E-state index contributed by atoms with van der Waals surface area (Å²) in [6.45, 7) is 5.69. The molecule has 96 valence electrons. The quantitative estimate of drug-likeness (QED) is 0.726. The molecule has 0 aliphatic carbocycles. The van der Waals surface area contributed by atoms with E-state index in [-0.39, 0.29) is 0 Å². The van der Waals surface area contributed by atoms with Crippen LogP contribution in [0.4, 0.5) is 0 Å². The maximum Gasteiger partial charge on any atom is 0.0434 e. The van der Waals surface area contributed by atoms with Crippen LogP contribution in [0.5, 0.6) is 0 Å². The van der Waals surface area contributed by atoms with Crippen LogP contribution < -0.4 is 5.32 Å². The van der Waals surface area contributed by atoms with E-state index >= 15 is 0 Å². The van der Waals surface area contributed by atoms with E-state index in [4.69, 9.17) is 5.11 Å². The largest absolute Gasteiger partial charge is 0.396 e. The second-order valence-electron chi connectivity index (χ2n) is 4.95. The highest BCUT2D eigenvalue weighted by molar-refractivity contribution is 5.14. The molecule has 2 unspecified atom stereocenters. The second kappa shape index (κ2) is 8.26. The lowest BCUT2D eigenvalue weighted by molar-refractivity contribution is 0.257. The zero-order chi connectivity index (χ0) is 12.5. The summed E-state index contributed by atoms with van der Waals surface area (Å²) in [5.74, 6) is 0.555. The van der Waals surface area contributed by atoms with Gasteiger partial charge < -0.3 is 10.4 Å². The highest BCUT2D eigenvalue weighted by Crippen LogP contribution is 2.05. The Morgan fingerprint density at radius 2 is 1.82 bits per heavy atom. The van der Waals surface area contributed by atoms with E-state index in [1.165, 1.54) is 5.56 Å². The van der Waals surface area contributed by atoms with Crippen molar-refractivity contribution in [1.82, 2.24) is 5.32 Å². The van der Waals surface area contributed by atoms with Gasteiger partial charge in [-0.3, -0.25) is 0 Å². The van der Waals surface area contributed by atoms with Gasteiger partial charge in [-0.2, -0.15) is 0 Å². The third-order valence-corrected chi connectivity index (χ3v) is 3.15. The number of aliphatic hydroxyl groups excluding tert-OH is 1. The molecule has 0 aliphatic heterocycles. The number of benzene rings is 1. The van der Waals surface area contributed by atoms with Crippen molar-refractivity contribution in [1.29, 1.82) is 0 Å². The van der Waals surface area contributed by atoms with Crippen LogP contribution in [0.25, 0.3) is 0 Å². The first kappa shape index (κ1) is 14.2. The summed E-state index contributed by atoms with van der Waals surface area (Å²) in [5, 5.41) is 12.4. The van der Waals surface area contributed by atoms with Crippen molar-refractivity contribution in [2.24, 2.45) is 5.92 Å². The van der Waals surface area contributed by atoms with E-state index in [9.17, 15) is 0 Å². The van der Waals surface area contributed by atoms with Crippen molar-refractivity contribution in [3.05, 3.63) is 35.9 Å². The number of aryl methyl sites for hydroxylation is 1. The van der Waals surface area contributed by atoms with Gasteiger partial charge in [0.15, 0.2) is 0 Å². The Morgan fingerprint density at radius 3 is 2.47 bits per heavy atom. The van der Waals surface area contributed by atoms with E-state index in [1.807, 2.05) is 0 Å². The minimum Gasteiger partial charge on any atom is -0.396 e. The minimum absolute atomic E-state index is 0.293. The van der Waals surface area contributed by atoms with Crippen molar-refractivity contribution in [3.63, 3.8) is 0 Å². The van der Waals surface area contributed by atoms with Gasteiger partial charge in [0, 0.05) is 12.6 Å². The van der Waals surface area contributed by atoms with Gasteiger partial charge in [0.1, 0.15) is 0 Å². The molecule has 0 saturated heterocycles. The summed E-state index contributed by atoms with van der Waals surface area (Å²) in [5.41, 5.74) is 1.41. The maximum absolute atomic E-state index is 8.83. The molecule has 2 nitrogen and oxygen atoms in total. The van der Waals surface area contributed by atoms with Crippen LogP contribution in [0.1, 0.15) is 32.3 Å². The van der Waals surface area contributed by atoms with Gasteiger partial charge in [0.2, 0.25) is 0 Å². The Hall–Kier alpha value is -0.860. The third kappa shape index (κ3) is 6.44. The van der Waals surface area contributed by atoms with Gasteiger partial charge in [0.05, 0.1) is 0 Å². The van der Waals surface area contributed by atoms with E-state index in [0.29, 0.717) is 18.6 Å². The topological polar surface area (TPSA) is 32.3 Å². The molecule has 0 aliphatic rings. The second-order valence-corrected chi connectivity index (χ2v) is 4.95. The van der Waals surface area contributed by atoms with E-state index < -0.39 is 0 Å². The molecule has 0 saturated carbocycles. The van der Waals surface area contributed by atoms with Crippen LogP contribution in [0.3, 0.4) is 0 Å². The Balaban J connectivity index is 2.15. The molecular weight excluding hydrogens is 210 g/mol. The first-order valence-electron chi connectivity index (χ1n) is 6.60. The molecule has 1 aromatic rings. The Labute approximate surface area is 105 Å². The van der Waals surface area contributed by atoms with Crippen LogP contribution in [-0.4, -0.2) is 24.3 Å². The fourth-order valence-electron chi connectivity index (χ4n) is 1.85. The molecule has 1 aromatic carbocycles. The minimum atomic E-state index is 0.293. The van der Waals surface area contributed by atoms with Crippen molar-refractivity contribution in [3.8, 4) is 0 Å². The fraction of sp³-hybridized carbons (Fsp3) is 0.600. The fourth-order valence-corrected chi connectivity index (χ4v) is 1.85. The Kier molecular flexibility index (Phi) is 6.90. The maximum atomic E-state index is 8.83. The van der Waals surface area contributed by atoms with Crippen LogP contribution in [0.15, 0.2) is 30.3 Å². The summed E-state index contributed by atoms with van der Waals surface area (Å²) >= 11 is 0. The Bertz CT molecular complexity index is 286. The van der Waals surface area contributed by atoms with Crippen molar-refractivity contribution < 1.29 is 5.11 Å². The lowest BCUT2D eigenvalue weighted by atomic mass is 10.0. The normalized spacial score (nSPS) is 14.5. The predicted octanol–water partition coefficient (Wildman–Crippen LogP) is 2.62. The summed E-state index contributed by atoms with van der Waals surface area (Å²) < 4.78 is 0. The lowest BCUT2D eigenvalue weighted by Gasteiger charge is -2.17. The zero-order valence-corrected chi connectivity index (χ0v) is 11.0. The highest BCUT2D eigenvalue weighted by Gasteiger charge is 2.05. The van der Waals surface area contributed by atoms with Crippen molar-refractivity contribution in [2.45, 2.75) is 39.2 Å². The molecule has 17 heavy (non-hydrogen) atoms. The number of hydrogen-bond donors (Lipinski definition) is 2. The van der Waals surface area contributed by atoms with Gasteiger partial charge >= 0.3 is 0 Å². The highest BCUT2D eigenvalue weighted by atomic mass is 16.3. The average molecular weight is 235 g/mol. The zero-order valence-electron chi connectivity index (χ0n) is 11.0. The summed E-state index contributed by atoms with van der Waals surface area (Å²) in [4.78, 5) is 0. The van der Waals surface area contributed by atoms with Gasteiger partial charge in [-0.1, -0.05) is 37.3 Å². The van der Waals surface area contributed by atoms with E-state index in [2.05, 4.69) is 49.5 Å². The molecule has 0 amide bonds. The SMILES string of the molecule is CC(CCO)CNC(C)CCc1ccccc1. The van der Waals surface area contributed by atoms with E-state index in [1.54, 1.807) is 0 Å². The molecular formula is C15H25NO. The number of nitrogens with one attached hydrogen (secondary N) is 1. The molecule has 2 N–H and O–H groups in total. The molecule has 0 spiro atoms.